The molecular weight excluding hydrogens is 286 g/mol. The molecule has 2 unspecified atom stereocenters. The van der Waals surface area contributed by atoms with Crippen molar-refractivity contribution in [3.8, 4) is 0 Å². The van der Waals surface area contributed by atoms with Crippen LogP contribution in [0.5, 0.6) is 0 Å². The Labute approximate surface area is 118 Å². The van der Waals surface area contributed by atoms with Crippen molar-refractivity contribution >= 4 is 27.8 Å². The molecule has 0 radical (unpaired) electrons. The monoisotopic (exact) mass is 307 g/mol. The summed E-state index contributed by atoms with van der Waals surface area (Å²) in [7, 11) is -3.53. The van der Waals surface area contributed by atoms with Crippen molar-refractivity contribution in [3.05, 3.63) is 0 Å². The molecule has 0 spiro atoms. The molecule has 0 bridgehead atoms. The highest BCUT2D eigenvalue weighted by Crippen LogP contribution is 2.47. The molecule has 5 nitrogen and oxygen atoms in total. The van der Waals surface area contributed by atoms with Crippen LogP contribution in [0, 0.1) is 11.3 Å². The number of carboxylic acids is 1. The molecule has 2 atom stereocenters. The molecule has 1 N–H and O–H groups in total. The SMILES string of the molecule is CC(C)(C)CS(=O)(=O)N1C(C(=O)O)CSC1C1CC1. The minimum atomic E-state index is -3.53. The molecule has 0 aromatic carbocycles. The standard InChI is InChI=1S/C12H21NO4S2/c1-12(2,3)7-19(16,17)13-9(11(14)15)6-18-10(13)8-4-5-8/h8-10H,4-7H2,1-3H3,(H,14,15). The first-order valence-electron chi connectivity index (χ1n) is 6.47. The Balaban J connectivity index is 2.27. The van der Waals surface area contributed by atoms with Gasteiger partial charge in [0.1, 0.15) is 6.04 Å². The minimum Gasteiger partial charge on any atom is -0.480 e. The van der Waals surface area contributed by atoms with Crippen molar-refractivity contribution < 1.29 is 18.3 Å². The molecule has 2 aliphatic rings. The third-order valence-electron chi connectivity index (χ3n) is 3.23. The predicted molar refractivity (Wildman–Crippen MR) is 75.5 cm³/mol. The van der Waals surface area contributed by atoms with Crippen LogP contribution in [0.1, 0.15) is 33.6 Å². The fraction of sp³-hybridized carbons (Fsp3) is 0.917. The molecule has 1 saturated carbocycles. The molecule has 1 aliphatic heterocycles. The van der Waals surface area contributed by atoms with Crippen LogP contribution in [0.2, 0.25) is 0 Å². The molecule has 2 rings (SSSR count). The van der Waals surface area contributed by atoms with E-state index in [2.05, 4.69) is 0 Å². The fourth-order valence-electron chi connectivity index (χ4n) is 2.39. The Morgan fingerprint density at radius 3 is 2.37 bits per heavy atom. The average Bonchev–Trinajstić information content (AvgIpc) is 2.92. The van der Waals surface area contributed by atoms with Crippen molar-refractivity contribution in [2.24, 2.45) is 11.3 Å². The Kier molecular flexibility index (Phi) is 3.92. The van der Waals surface area contributed by atoms with Crippen LogP contribution >= 0.6 is 11.8 Å². The predicted octanol–water partition coefficient (Wildman–Crippen LogP) is 1.60. The van der Waals surface area contributed by atoms with Crippen LogP contribution < -0.4 is 0 Å². The van der Waals surface area contributed by atoms with E-state index < -0.39 is 22.0 Å². The third kappa shape index (κ3) is 3.44. The van der Waals surface area contributed by atoms with Crippen LogP contribution in [0.15, 0.2) is 0 Å². The van der Waals surface area contributed by atoms with Gasteiger partial charge in [-0.1, -0.05) is 20.8 Å². The van der Waals surface area contributed by atoms with Gasteiger partial charge in [-0.15, -0.1) is 11.8 Å². The van der Waals surface area contributed by atoms with Gasteiger partial charge in [0, 0.05) is 5.75 Å². The summed E-state index contributed by atoms with van der Waals surface area (Å²) in [6.07, 6.45) is 2.01. The summed E-state index contributed by atoms with van der Waals surface area (Å²) in [6, 6.07) is -0.900. The van der Waals surface area contributed by atoms with Crippen LogP contribution in [0.25, 0.3) is 0 Å². The van der Waals surface area contributed by atoms with Gasteiger partial charge in [0.15, 0.2) is 0 Å². The summed E-state index contributed by atoms with van der Waals surface area (Å²) in [5, 5.41) is 9.07. The Hall–Kier alpha value is -0.270. The highest BCUT2D eigenvalue weighted by Gasteiger charge is 2.51. The molecule has 7 heteroatoms. The smallest absolute Gasteiger partial charge is 0.322 e. The largest absolute Gasteiger partial charge is 0.480 e. The molecule has 1 aliphatic carbocycles. The maximum atomic E-state index is 12.6. The second-order valence-electron chi connectivity index (χ2n) is 6.56. The summed E-state index contributed by atoms with van der Waals surface area (Å²) < 4.78 is 26.4. The molecular formula is C12H21NO4S2. The lowest BCUT2D eigenvalue weighted by molar-refractivity contribution is -0.140. The van der Waals surface area contributed by atoms with Gasteiger partial charge in [-0.2, -0.15) is 4.31 Å². The number of carbonyl (C=O) groups is 1. The fourth-order valence-corrected chi connectivity index (χ4v) is 6.87. The summed E-state index contributed by atoms with van der Waals surface area (Å²) in [4.78, 5) is 11.3. The lowest BCUT2D eigenvalue weighted by Crippen LogP contribution is -2.48. The number of hydrogen-bond donors (Lipinski definition) is 1. The maximum absolute atomic E-state index is 12.6. The Morgan fingerprint density at radius 1 is 1.37 bits per heavy atom. The molecule has 0 aromatic rings. The number of nitrogens with zero attached hydrogens (tertiary/aromatic N) is 1. The molecule has 0 aromatic heterocycles. The van der Waals surface area contributed by atoms with Crippen LogP contribution in [-0.2, 0) is 14.8 Å². The summed E-state index contributed by atoms with van der Waals surface area (Å²) in [5.41, 5.74) is -0.372. The first-order valence-corrected chi connectivity index (χ1v) is 9.13. The van der Waals surface area contributed by atoms with Gasteiger partial charge < -0.3 is 5.11 Å². The number of hydrogen-bond acceptors (Lipinski definition) is 4. The van der Waals surface area contributed by atoms with E-state index in [9.17, 15) is 18.3 Å². The highest BCUT2D eigenvalue weighted by molar-refractivity contribution is 8.01. The second kappa shape index (κ2) is 4.93. The van der Waals surface area contributed by atoms with E-state index in [0.29, 0.717) is 11.7 Å². The number of carboxylic acid groups (broad SMARTS) is 1. The van der Waals surface area contributed by atoms with E-state index in [1.165, 1.54) is 16.1 Å². The third-order valence-corrected chi connectivity index (χ3v) is 7.18. The zero-order valence-electron chi connectivity index (χ0n) is 11.5. The first kappa shape index (κ1) is 15.1. The quantitative estimate of drug-likeness (QED) is 0.854. The average molecular weight is 307 g/mol. The lowest BCUT2D eigenvalue weighted by Gasteiger charge is -2.29. The number of rotatable bonds is 4. The van der Waals surface area contributed by atoms with Crippen molar-refractivity contribution in [2.45, 2.75) is 45.0 Å². The number of sulfonamides is 1. The topological polar surface area (TPSA) is 74.7 Å². The van der Waals surface area contributed by atoms with Gasteiger partial charge in [0.25, 0.3) is 0 Å². The highest BCUT2D eigenvalue weighted by atomic mass is 32.2. The Bertz CT molecular complexity index is 465. The molecule has 110 valence electrons. The van der Waals surface area contributed by atoms with Gasteiger partial charge in [-0.25, -0.2) is 8.42 Å². The van der Waals surface area contributed by atoms with Crippen molar-refractivity contribution in [3.63, 3.8) is 0 Å². The van der Waals surface area contributed by atoms with Gasteiger partial charge >= 0.3 is 5.97 Å². The number of aliphatic carboxylic acids is 1. The van der Waals surface area contributed by atoms with Gasteiger partial charge in [-0.3, -0.25) is 4.79 Å². The van der Waals surface area contributed by atoms with E-state index >= 15 is 0 Å². The van der Waals surface area contributed by atoms with Crippen molar-refractivity contribution in [2.75, 3.05) is 11.5 Å². The molecule has 1 saturated heterocycles. The lowest BCUT2D eigenvalue weighted by atomic mass is 10.0. The van der Waals surface area contributed by atoms with Gasteiger partial charge in [0.05, 0.1) is 11.1 Å². The van der Waals surface area contributed by atoms with Crippen molar-refractivity contribution in [1.82, 2.24) is 4.31 Å². The van der Waals surface area contributed by atoms with Gasteiger partial charge in [0.2, 0.25) is 10.0 Å². The van der Waals surface area contributed by atoms with Crippen LogP contribution in [-0.4, -0.2) is 46.7 Å². The zero-order valence-corrected chi connectivity index (χ0v) is 13.1. The summed E-state index contributed by atoms with van der Waals surface area (Å²) in [5.74, 6) is -0.342. The van der Waals surface area contributed by atoms with Crippen molar-refractivity contribution in [1.29, 1.82) is 0 Å². The Morgan fingerprint density at radius 2 is 1.95 bits per heavy atom. The molecule has 19 heavy (non-hydrogen) atoms. The molecule has 2 fully saturated rings. The number of thioether (sulfide) groups is 1. The van der Waals surface area contributed by atoms with E-state index in [0.717, 1.165) is 12.8 Å². The summed E-state index contributed by atoms with van der Waals surface area (Å²) >= 11 is 1.48. The van der Waals surface area contributed by atoms with E-state index in [1.54, 1.807) is 0 Å². The van der Waals surface area contributed by atoms with Gasteiger partial charge in [-0.05, 0) is 24.2 Å². The minimum absolute atomic E-state index is 0.00639. The van der Waals surface area contributed by atoms with Crippen LogP contribution in [0.3, 0.4) is 0 Å². The molecule has 1 heterocycles. The zero-order chi connectivity index (χ0) is 14.4. The van der Waals surface area contributed by atoms with Crippen LogP contribution in [0.4, 0.5) is 0 Å². The first-order chi connectivity index (χ1) is 8.62. The normalized spacial score (nSPS) is 29.6. The summed E-state index contributed by atoms with van der Waals surface area (Å²) in [6.45, 7) is 5.57. The molecule has 0 amide bonds. The maximum Gasteiger partial charge on any atom is 0.322 e. The van der Waals surface area contributed by atoms with E-state index in [-0.39, 0.29) is 16.5 Å². The van der Waals surface area contributed by atoms with E-state index in [1.807, 2.05) is 20.8 Å². The van der Waals surface area contributed by atoms with E-state index in [4.69, 9.17) is 0 Å². The second-order valence-corrected chi connectivity index (χ2v) is 9.59.